The molecule has 0 aliphatic carbocycles. The van der Waals surface area contributed by atoms with Crippen LogP contribution >= 0.6 is 0 Å². The van der Waals surface area contributed by atoms with Gasteiger partial charge < -0.3 is 20.6 Å². The van der Waals surface area contributed by atoms with Crippen molar-refractivity contribution >= 4 is 35.6 Å². The molecule has 15 heteroatoms. The minimum atomic E-state index is -1.02. The van der Waals surface area contributed by atoms with Gasteiger partial charge in [-0.1, -0.05) is 6.92 Å². The normalized spacial score (nSPS) is 21.1. The van der Waals surface area contributed by atoms with Gasteiger partial charge in [-0.15, -0.1) is 0 Å². The molecule has 0 radical (unpaired) electrons. The molecule has 2 fully saturated rings. The Morgan fingerprint density at radius 1 is 0.700 bits per heavy atom. The van der Waals surface area contributed by atoms with E-state index >= 15 is 0 Å². The van der Waals surface area contributed by atoms with Gasteiger partial charge in [0.25, 0.3) is 0 Å². The molecule has 2 heterocycles. The molecule has 40 heavy (non-hydrogen) atoms. The Bertz CT molecular complexity index is 885. The molecule has 0 aromatic heterocycles. The van der Waals surface area contributed by atoms with Gasteiger partial charge in [-0.25, -0.2) is 0 Å². The first-order valence-electron chi connectivity index (χ1n) is 13.6. The lowest BCUT2D eigenvalue weighted by molar-refractivity contribution is -0.140. The van der Waals surface area contributed by atoms with Crippen molar-refractivity contribution in [2.45, 2.75) is 26.2 Å². The van der Waals surface area contributed by atoms with Crippen molar-refractivity contribution in [2.75, 3.05) is 91.6 Å². The first kappa shape index (κ1) is 33.1. The summed E-state index contributed by atoms with van der Waals surface area (Å²) in [6, 6.07) is 0. The van der Waals surface area contributed by atoms with E-state index < -0.39 is 17.9 Å². The summed E-state index contributed by atoms with van der Waals surface area (Å²) in [4.78, 5) is 78.8. The predicted octanol–water partition coefficient (Wildman–Crippen LogP) is -2.25. The number of carbonyl (C=O) groups is 6. The minimum Gasteiger partial charge on any atom is -0.480 e. The molecule has 15 nitrogen and oxygen atoms in total. The molecule has 1 atom stereocenters. The van der Waals surface area contributed by atoms with Crippen molar-refractivity contribution in [3.8, 4) is 0 Å². The summed E-state index contributed by atoms with van der Waals surface area (Å²) in [5.41, 5.74) is 0. The third-order valence-electron chi connectivity index (χ3n) is 6.97. The maximum Gasteiger partial charge on any atom is 0.317 e. The highest BCUT2D eigenvalue weighted by atomic mass is 16.4. The number of carbonyl (C=O) groups excluding carboxylic acids is 3. The molecule has 2 aliphatic rings. The number of aliphatic carboxylic acids is 3. The van der Waals surface area contributed by atoms with Crippen molar-refractivity contribution in [1.82, 2.24) is 29.8 Å². The van der Waals surface area contributed by atoms with Crippen LogP contribution in [0, 0.1) is 5.92 Å². The van der Waals surface area contributed by atoms with Crippen LogP contribution < -0.4 is 5.32 Å². The number of imide groups is 1. The zero-order valence-electron chi connectivity index (χ0n) is 23.1. The van der Waals surface area contributed by atoms with E-state index in [1.54, 1.807) is 21.6 Å². The first-order valence-corrected chi connectivity index (χ1v) is 13.6. The van der Waals surface area contributed by atoms with Gasteiger partial charge in [-0.2, -0.15) is 0 Å². The van der Waals surface area contributed by atoms with E-state index in [0.29, 0.717) is 78.3 Å². The lowest BCUT2D eigenvalue weighted by Crippen LogP contribution is -2.49. The van der Waals surface area contributed by atoms with Crippen molar-refractivity contribution < 1.29 is 44.1 Å². The Balaban J connectivity index is 1.92. The molecule has 0 saturated carbocycles. The maximum atomic E-state index is 12.7. The summed E-state index contributed by atoms with van der Waals surface area (Å²) in [6.07, 6.45) is 1.39. The second-order valence-electron chi connectivity index (χ2n) is 10.3. The standard InChI is InChI=1S/C25H42N6O9/c1-19-14-21(33)31(25(19)40)5-3-2-4-26-20(32)15-27-6-8-28(16-22(34)35)10-12-30(18-24(38)39)13-11-29(9-7-27)17-23(36)37/h19H,2-18H2,1H3,(H,26,32)(H,34,35)(H,36,37)(H,38,39). The van der Waals surface area contributed by atoms with Gasteiger partial charge in [0, 0.05) is 77.8 Å². The topological polar surface area (TPSA) is 191 Å². The summed E-state index contributed by atoms with van der Waals surface area (Å²) in [6.45, 7) is 4.35. The van der Waals surface area contributed by atoms with Crippen LogP contribution in [-0.4, -0.2) is 167 Å². The van der Waals surface area contributed by atoms with Gasteiger partial charge in [0.2, 0.25) is 17.7 Å². The summed E-state index contributed by atoms with van der Waals surface area (Å²) in [7, 11) is 0. The highest BCUT2D eigenvalue weighted by molar-refractivity contribution is 6.03. The van der Waals surface area contributed by atoms with Crippen LogP contribution in [0.4, 0.5) is 0 Å². The largest absolute Gasteiger partial charge is 0.480 e. The lowest BCUT2D eigenvalue weighted by atomic mass is 10.1. The SMILES string of the molecule is CC1CC(=O)N(CCCCNC(=O)CN2CCN(CC(=O)O)CCN(CC(=O)O)CCN(CC(=O)O)CC2)C1=O. The van der Waals surface area contributed by atoms with E-state index in [0.717, 1.165) is 0 Å². The van der Waals surface area contributed by atoms with Gasteiger partial charge in [-0.3, -0.25) is 53.3 Å². The molecule has 4 N–H and O–H groups in total. The third kappa shape index (κ3) is 12.4. The Hall–Kier alpha value is -3.14. The molecule has 0 aromatic carbocycles. The number of carboxylic acids is 3. The highest BCUT2D eigenvalue weighted by Gasteiger charge is 2.34. The number of unbranched alkanes of at least 4 members (excludes halogenated alkanes) is 1. The van der Waals surface area contributed by atoms with E-state index in [9.17, 15) is 44.1 Å². The fourth-order valence-electron chi connectivity index (χ4n) is 4.75. The van der Waals surface area contributed by atoms with Crippen LogP contribution in [0.1, 0.15) is 26.2 Å². The molecule has 0 bridgehead atoms. The predicted molar refractivity (Wildman–Crippen MR) is 141 cm³/mol. The molecule has 2 aliphatic heterocycles. The number of carboxylic acid groups (broad SMARTS) is 3. The van der Waals surface area contributed by atoms with E-state index in [1.165, 1.54) is 4.90 Å². The third-order valence-corrected chi connectivity index (χ3v) is 6.97. The first-order chi connectivity index (χ1) is 18.9. The van der Waals surface area contributed by atoms with Crippen LogP contribution in [0.25, 0.3) is 0 Å². The van der Waals surface area contributed by atoms with Gasteiger partial charge in [-0.05, 0) is 12.8 Å². The number of hydrogen-bond acceptors (Lipinski definition) is 10. The maximum absolute atomic E-state index is 12.7. The number of likely N-dealkylation sites (tertiary alicyclic amines) is 1. The number of hydrogen-bond donors (Lipinski definition) is 4. The number of nitrogens with zero attached hydrogens (tertiary/aromatic N) is 5. The van der Waals surface area contributed by atoms with Crippen molar-refractivity contribution in [1.29, 1.82) is 0 Å². The van der Waals surface area contributed by atoms with Crippen LogP contribution in [0.3, 0.4) is 0 Å². The van der Waals surface area contributed by atoms with Crippen molar-refractivity contribution in [2.24, 2.45) is 5.92 Å². The molecule has 0 aromatic rings. The lowest BCUT2D eigenvalue weighted by Gasteiger charge is -2.32. The average Bonchev–Trinajstić information content (AvgIpc) is 3.10. The molecule has 2 saturated heterocycles. The zero-order valence-corrected chi connectivity index (χ0v) is 23.1. The van der Waals surface area contributed by atoms with Gasteiger partial charge in [0.15, 0.2) is 0 Å². The Labute approximate surface area is 233 Å². The Morgan fingerprint density at radius 3 is 1.45 bits per heavy atom. The van der Waals surface area contributed by atoms with Crippen LogP contribution in [0.5, 0.6) is 0 Å². The summed E-state index contributed by atoms with van der Waals surface area (Å²) in [5, 5.41) is 30.7. The summed E-state index contributed by atoms with van der Waals surface area (Å²) >= 11 is 0. The highest BCUT2D eigenvalue weighted by Crippen LogP contribution is 2.18. The Morgan fingerprint density at radius 2 is 1.10 bits per heavy atom. The number of rotatable bonds is 13. The average molecular weight is 571 g/mol. The zero-order chi connectivity index (χ0) is 29.7. The van der Waals surface area contributed by atoms with Crippen molar-refractivity contribution in [3.63, 3.8) is 0 Å². The summed E-state index contributed by atoms with van der Waals surface area (Å²) in [5.74, 6) is -3.90. The second kappa shape index (κ2) is 16.8. The molecular weight excluding hydrogens is 528 g/mol. The minimum absolute atomic E-state index is 0.0353. The molecule has 3 amide bonds. The van der Waals surface area contributed by atoms with E-state index in [1.807, 2.05) is 4.90 Å². The van der Waals surface area contributed by atoms with Gasteiger partial charge in [0.1, 0.15) is 0 Å². The molecule has 1 unspecified atom stereocenters. The number of amides is 3. The van der Waals surface area contributed by atoms with Gasteiger partial charge >= 0.3 is 17.9 Å². The smallest absolute Gasteiger partial charge is 0.317 e. The summed E-state index contributed by atoms with van der Waals surface area (Å²) < 4.78 is 0. The molecule has 226 valence electrons. The van der Waals surface area contributed by atoms with E-state index in [2.05, 4.69) is 5.32 Å². The van der Waals surface area contributed by atoms with Crippen LogP contribution in [-0.2, 0) is 28.8 Å². The van der Waals surface area contributed by atoms with Crippen LogP contribution in [0.2, 0.25) is 0 Å². The van der Waals surface area contributed by atoms with Gasteiger partial charge in [0.05, 0.1) is 26.2 Å². The number of nitrogens with one attached hydrogen (secondary N) is 1. The molecule has 2 rings (SSSR count). The van der Waals surface area contributed by atoms with Crippen molar-refractivity contribution in [3.05, 3.63) is 0 Å². The molecular formula is C25H42N6O9. The quantitative estimate of drug-likeness (QED) is 0.137. The van der Waals surface area contributed by atoms with Crippen LogP contribution in [0.15, 0.2) is 0 Å². The Kier molecular flexibility index (Phi) is 13.9. The fourth-order valence-corrected chi connectivity index (χ4v) is 4.75. The van der Waals surface area contributed by atoms with E-state index in [4.69, 9.17) is 0 Å². The molecule has 0 spiro atoms. The second-order valence-corrected chi connectivity index (χ2v) is 10.3. The van der Waals surface area contributed by atoms with E-state index in [-0.39, 0.29) is 56.2 Å². The monoisotopic (exact) mass is 570 g/mol. The fraction of sp³-hybridized carbons (Fsp3) is 0.760.